The van der Waals surface area contributed by atoms with Gasteiger partial charge in [0.15, 0.2) is 0 Å². The van der Waals surface area contributed by atoms with Crippen molar-refractivity contribution in [2.75, 3.05) is 23.4 Å². The standard InChI is InChI=1S/C24H28N2O3/c1-2-29-21-11-7-17(8-12-21)15-23(27)25-20-10-9-18-13-14-26(22(18)16-20)24(28)19-5-3-4-6-19/h7-12,16,19H,2-6,13-15H2,1H3,(H,25,27). The van der Waals surface area contributed by atoms with E-state index in [0.717, 1.165) is 61.3 Å². The first kappa shape index (κ1) is 19.5. The zero-order valence-corrected chi connectivity index (χ0v) is 16.9. The molecule has 2 aliphatic rings. The molecule has 0 bridgehead atoms. The summed E-state index contributed by atoms with van der Waals surface area (Å²) in [5.41, 5.74) is 3.82. The van der Waals surface area contributed by atoms with Crippen molar-refractivity contribution in [3.63, 3.8) is 0 Å². The van der Waals surface area contributed by atoms with E-state index in [-0.39, 0.29) is 17.7 Å². The number of fused-ring (bicyclic) bond motifs is 1. The van der Waals surface area contributed by atoms with E-state index >= 15 is 0 Å². The average Bonchev–Trinajstić information content (AvgIpc) is 3.39. The predicted molar refractivity (Wildman–Crippen MR) is 114 cm³/mol. The third-order valence-electron chi connectivity index (χ3n) is 5.83. The molecule has 1 heterocycles. The molecule has 152 valence electrons. The third kappa shape index (κ3) is 4.44. The first-order valence-corrected chi connectivity index (χ1v) is 10.6. The molecule has 1 fully saturated rings. The van der Waals surface area contributed by atoms with E-state index in [1.54, 1.807) is 0 Å². The molecule has 1 aliphatic carbocycles. The summed E-state index contributed by atoms with van der Waals surface area (Å²) < 4.78 is 5.44. The molecule has 0 saturated heterocycles. The van der Waals surface area contributed by atoms with Gasteiger partial charge in [0.2, 0.25) is 11.8 Å². The van der Waals surface area contributed by atoms with Crippen LogP contribution < -0.4 is 15.0 Å². The number of ether oxygens (including phenoxy) is 1. The molecule has 2 aromatic rings. The summed E-state index contributed by atoms with van der Waals surface area (Å²) in [4.78, 5) is 27.3. The van der Waals surface area contributed by atoms with Gasteiger partial charge in [0.1, 0.15) is 5.75 Å². The van der Waals surface area contributed by atoms with E-state index in [1.807, 2.05) is 54.3 Å². The molecule has 1 N–H and O–H groups in total. The van der Waals surface area contributed by atoms with Crippen molar-refractivity contribution >= 4 is 23.2 Å². The SMILES string of the molecule is CCOc1ccc(CC(=O)Nc2ccc3c(c2)N(C(=O)C2CCCC2)CC3)cc1. The lowest BCUT2D eigenvalue weighted by Gasteiger charge is -2.21. The Morgan fingerprint density at radius 3 is 2.59 bits per heavy atom. The topological polar surface area (TPSA) is 58.6 Å². The fraction of sp³-hybridized carbons (Fsp3) is 0.417. The quantitative estimate of drug-likeness (QED) is 0.795. The first-order chi connectivity index (χ1) is 14.1. The van der Waals surface area contributed by atoms with Gasteiger partial charge in [-0.25, -0.2) is 0 Å². The summed E-state index contributed by atoms with van der Waals surface area (Å²) in [6.45, 7) is 3.31. The molecular weight excluding hydrogens is 364 g/mol. The van der Waals surface area contributed by atoms with Crippen molar-refractivity contribution in [2.24, 2.45) is 5.92 Å². The fourth-order valence-corrected chi connectivity index (χ4v) is 4.34. The largest absolute Gasteiger partial charge is 0.494 e. The fourth-order valence-electron chi connectivity index (χ4n) is 4.34. The van der Waals surface area contributed by atoms with Gasteiger partial charge < -0.3 is 15.0 Å². The van der Waals surface area contributed by atoms with Crippen LogP contribution in [0.2, 0.25) is 0 Å². The highest BCUT2D eigenvalue weighted by atomic mass is 16.5. The lowest BCUT2D eigenvalue weighted by molar-refractivity contribution is -0.122. The molecular formula is C24H28N2O3. The van der Waals surface area contributed by atoms with Crippen LogP contribution in [0.15, 0.2) is 42.5 Å². The van der Waals surface area contributed by atoms with Gasteiger partial charge in [-0.3, -0.25) is 9.59 Å². The van der Waals surface area contributed by atoms with E-state index < -0.39 is 0 Å². The number of nitrogens with one attached hydrogen (secondary N) is 1. The van der Waals surface area contributed by atoms with Crippen molar-refractivity contribution in [2.45, 2.75) is 45.4 Å². The molecule has 0 spiro atoms. The number of carbonyl (C=O) groups excluding carboxylic acids is 2. The molecule has 29 heavy (non-hydrogen) atoms. The van der Waals surface area contributed by atoms with Crippen LogP contribution in [0.1, 0.15) is 43.7 Å². The minimum absolute atomic E-state index is 0.0687. The van der Waals surface area contributed by atoms with E-state index in [9.17, 15) is 9.59 Å². The highest BCUT2D eigenvalue weighted by Gasteiger charge is 2.31. The number of carbonyl (C=O) groups is 2. The van der Waals surface area contributed by atoms with Crippen molar-refractivity contribution in [3.8, 4) is 5.75 Å². The summed E-state index contributed by atoms with van der Waals surface area (Å²) in [5, 5.41) is 2.98. The molecule has 5 nitrogen and oxygen atoms in total. The first-order valence-electron chi connectivity index (χ1n) is 10.6. The molecule has 0 atom stereocenters. The number of hydrogen-bond donors (Lipinski definition) is 1. The molecule has 0 radical (unpaired) electrons. The van der Waals surface area contributed by atoms with Crippen LogP contribution in [-0.2, 0) is 22.4 Å². The van der Waals surface area contributed by atoms with E-state index in [4.69, 9.17) is 4.74 Å². The molecule has 0 aromatic heterocycles. The Labute approximate surface area is 172 Å². The summed E-state index contributed by atoms with van der Waals surface area (Å²) in [5.74, 6) is 1.15. The Morgan fingerprint density at radius 2 is 1.86 bits per heavy atom. The number of benzene rings is 2. The maximum atomic E-state index is 12.9. The highest BCUT2D eigenvalue weighted by Crippen LogP contribution is 2.35. The second kappa shape index (κ2) is 8.68. The maximum absolute atomic E-state index is 12.9. The van der Waals surface area contributed by atoms with Gasteiger partial charge in [-0.2, -0.15) is 0 Å². The Kier molecular flexibility index (Phi) is 5.84. The van der Waals surface area contributed by atoms with Crippen molar-refractivity contribution in [1.29, 1.82) is 0 Å². The molecule has 5 heteroatoms. The average molecular weight is 392 g/mol. The van der Waals surface area contributed by atoms with Crippen molar-refractivity contribution in [3.05, 3.63) is 53.6 Å². The zero-order valence-electron chi connectivity index (χ0n) is 16.9. The van der Waals surface area contributed by atoms with Gasteiger partial charge in [0, 0.05) is 23.8 Å². The van der Waals surface area contributed by atoms with E-state index in [1.165, 1.54) is 5.56 Å². The summed E-state index contributed by atoms with van der Waals surface area (Å²) in [6.07, 6.45) is 5.49. The number of nitrogens with zero attached hydrogens (tertiary/aromatic N) is 1. The number of amides is 2. The van der Waals surface area contributed by atoms with Gasteiger partial charge in [-0.15, -0.1) is 0 Å². The molecule has 4 rings (SSSR count). The van der Waals surface area contributed by atoms with Crippen LogP contribution in [0.25, 0.3) is 0 Å². The zero-order chi connectivity index (χ0) is 20.2. The predicted octanol–water partition coefficient (Wildman–Crippen LogP) is 4.35. The van der Waals surface area contributed by atoms with Crippen LogP contribution in [0.3, 0.4) is 0 Å². The molecule has 1 aliphatic heterocycles. The summed E-state index contributed by atoms with van der Waals surface area (Å²) >= 11 is 0. The van der Waals surface area contributed by atoms with Crippen LogP contribution >= 0.6 is 0 Å². The van der Waals surface area contributed by atoms with E-state index in [0.29, 0.717) is 13.0 Å². The number of hydrogen-bond acceptors (Lipinski definition) is 3. The smallest absolute Gasteiger partial charge is 0.230 e. The Balaban J connectivity index is 1.41. The van der Waals surface area contributed by atoms with Crippen LogP contribution in [-0.4, -0.2) is 25.0 Å². The summed E-state index contributed by atoms with van der Waals surface area (Å²) in [6, 6.07) is 13.5. The van der Waals surface area contributed by atoms with Crippen LogP contribution in [0.4, 0.5) is 11.4 Å². The highest BCUT2D eigenvalue weighted by molar-refractivity contribution is 5.99. The Bertz CT molecular complexity index is 885. The molecule has 2 aromatic carbocycles. The lowest BCUT2D eigenvalue weighted by Crippen LogP contribution is -2.33. The third-order valence-corrected chi connectivity index (χ3v) is 5.83. The van der Waals surface area contributed by atoms with Gasteiger partial charge in [-0.05, 0) is 61.6 Å². The van der Waals surface area contributed by atoms with Gasteiger partial charge >= 0.3 is 0 Å². The Hall–Kier alpha value is -2.82. The number of rotatable bonds is 6. The normalized spacial score (nSPS) is 16.0. The monoisotopic (exact) mass is 392 g/mol. The second-order valence-electron chi connectivity index (χ2n) is 7.87. The lowest BCUT2D eigenvalue weighted by atomic mass is 10.1. The molecule has 0 unspecified atom stereocenters. The summed E-state index contributed by atoms with van der Waals surface area (Å²) in [7, 11) is 0. The Morgan fingerprint density at radius 1 is 1.10 bits per heavy atom. The van der Waals surface area contributed by atoms with Crippen LogP contribution in [0.5, 0.6) is 5.75 Å². The van der Waals surface area contributed by atoms with Crippen molar-refractivity contribution < 1.29 is 14.3 Å². The maximum Gasteiger partial charge on any atom is 0.230 e. The van der Waals surface area contributed by atoms with Crippen LogP contribution in [0, 0.1) is 5.92 Å². The number of anilines is 2. The molecule has 1 saturated carbocycles. The van der Waals surface area contributed by atoms with E-state index in [2.05, 4.69) is 5.32 Å². The second-order valence-corrected chi connectivity index (χ2v) is 7.87. The van der Waals surface area contributed by atoms with Gasteiger partial charge in [0.25, 0.3) is 0 Å². The van der Waals surface area contributed by atoms with Gasteiger partial charge in [0.05, 0.1) is 13.0 Å². The minimum atomic E-state index is -0.0687. The minimum Gasteiger partial charge on any atom is -0.494 e. The van der Waals surface area contributed by atoms with Crippen molar-refractivity contribution in [1.82, 2.24) is 0 Å². The molecule has 2 amide bonds. The van der Waals surface area contributed by atoms with Gasteiger partial charge in [-0.1, -0.05) is 31.0 Å².